The van der Waals surface area contributed by atoms with E-state index >= 15 is 0 Å². The highest BCUT2D eigenvalue weighted by molar-refractivity contribution is 5.89. The van der Waals surface area contributed by atoms with Crippen LogP contribution in [-0.2, 0) is 6.54 Å². The summed E-state index contributed by atoms with van der Waals surface area (Å²) in [6.07, 6.45) is 0. The maximum Gasteiger partial charge on any atom is 0.153 e. The Morgan fingerprint density at radius 2 is 2.23 bits per heavy atom. The molecule has 0 amide bonds. The number of nitrogen functional groups attached to an aromatic ring is 1. The van der Waals surface area contributed by atoms with Gasteiger partial charge in [-0.25, -0.2) is 0 Å². The number of hydrogen-bond acceptors (Lipinski definition) is 2. The number of nitrogens with two attached hydrogens (primary N) is 1. The maximum atomic E-state index is 5.77. The Balaban J connectivity index is 2.81. The first-order valence-corrected chi connectivity index (χ1v) is 4.45. The highest BCUT2D eigenvalue weighted by Crippen LogP contribution is 2.21. The number of rotatable bonds is 1. The number of nitrogens with zero attached hydrogens (tertiary/aromatic N) is 2. The summed E-state index contributed by atoms with van der Waals surface area (Å²) in [6, 6.07) is 6.20. The van der Waals surface area contributed by atoms with Gasteiger partial charge in [-0.1, -0.05) is 6.07 Å². The van der Waals surface area contributed by atoms with Crippen molar-refractivity contribution in [2.45, 2.75) is 20.4 Å². The molecule has 2 N–H and O–H groups in total. The molecule has 3 nitrogen and oxygen atoms in total. The lowest BCUT2D eigenvalue weighted by molar-refractivity contribution is 0.687. The molecule has 13 heavy (non-hydrogen) atoms. The second kappa shape index (κ2) is 2.76. The van der Waals surface area contributed by atoms with Gasteiger partial charge in [-0.3, -0.25) is 4.68 Å². The van der Waals surface area contributed by atoms with Crippen LogP contribution in [0.4, 0.5) is 5.82 Å². The van der Waals surface area contributed by atoms with Crippen LogP contribution in [0.25, 0.3) is 10.9 Å². The molecule has 0 fully saturated rings. The third-order valence-corrected chi connectivity index (χ3v) is 2.24. The molecule has 0 unspecified atom stereocenters. The maximum absolute atomic E-state index is 5.77. The minimum atomic E-state index is 0.622. The fourth-order valence-corrected chi connectivity index (χ4v) is 1.55. The lowest BCUT2D eigenvalue weighted by Gasteiger charge is -1.98. The summed E-state index contributed by atoms with van der Waals surface area (Å²) in [6.45, 7) is 4.99. The molecule has 0 aliphatic carbocycles. The molecule has 1 aromatic carbocycles. The van der Waals surface area contributed by atoms with E-state index in [4.69, 9.17) is 5.73 Å². The summed E-state index contributed by atoms with van der Waals surface area (Å²) < 4.78 is 1.93. The van der Waals surface area contributed by atoms with E-state index in [0.717, 1.165) is 17.4 Å². The molecule has 0 aliphatic heterocycles. The molecule has 2 aromatic rings. The Morgan fingerprint density at radius 3 is 2.92 bits per heavy atom. The highest BCUT2D eigenvalue weighted by atomic mass is 15.3. The molecule has 0 aliphatic rings. The third-order valence-electron chi connectivity index (χ3n) is 2.24. The topological polar surface area (TPSA) is 43.8 Å². The van der Waals surface area contributed by atoms with Crippen LogP contribution in [0.2, 0.25) is 0 Å². The van der Waals surface area contributed by atoms with E-state index in [2.05, 4.69) is 31.1 Å². The van der Waals surface area contributed by atoms with Crippen molar-refractivity contribution in [1.82, 2.24) is 9.78 Å². The first-order valence-electron chi connectivity index (χ1n) is 4.45. The molecule has 0 radical (unpaired) electrons. The summed E-state index contributed by atoms with van der Waals surface area (Å²) in [5.74, 6) is 0.622. The molecule has 0 spiro atoms. The Labute approximate surface area is 77.2 Å². The Bertz CT molecular complexity index is 443. The van der Waals surface area contributed by atoms with Crippen LogP contribution >= 0.6 is 0 Å². The van der Waals surface area contributed by atoms with Crippen molar-refractivity contribution in [3.05, 3.63) is 23.8 Å². The largest absolute Gasteiger partial charge is 0.382 e. The first kappa shape index (κ1) is 8.10. The number of aromatic nitrogens is 2. The summed E-state index contributed by atoms with van der Waals surface area (Å²) in [4.78, 5) is 0. The normalized spacial score (nSPS) is 10.9. The van der Waals surface area contributed by atoms with Crippen molar-refractivity contribution in [2.24, 2.45) is 0 Å². The minimum absolute atomic E-state index is 0.622. The van der Waals surface area contributed by atoms with Gasteiger partial charge in [0.25, 0.3) is 0 Å². The van der Waals surface area contributed by atoms with E-state index in [0.29, 0.717) is 5.82 Å². The Kier molecular flexibility index (Phi) is 1.72. The van der Waals surface area contributed by atoms with Crippen molar-refractivity contribution < 1.29 is 0 Å². The fourth-order valence-electron chi connectivity index (χ4n) is 1.55. The molecule has 1 heterocycles. The molecule has 0 atom stereocenters. The predicted octanol–water partition coefficient (Wildman–Crippen LogP) is 1.95. The monoisotopic (exact) mass is 175 g/mol. The van der Waals surface area contributed by atoms with Gasteiger partial charge < -0.3 is 5.73 Å². The molecular formula is C10H13N3. The van der Waals surface area contributed by atoms with E-state index in [1.165, 1.54) is 5.56 Å². The molecule has 2 rings (SSSR count). The van der Waals surface area contributed by atoms with E-state index in [1.54, 1.807) is 0 Å². The van der Waals surface area contributed by atoms with Crippen LogP contribution in [0.1, 0.15) is 12.5 Å². The van der Waals surface area contributed by atoms with Crippen LogP contribution in [0, 0.1) is 6.92 Å². The minimum Gasteiger partial charge on any atom is -0.382 e. The zero-order valence-electron chi connectivity index (χ0n) is 7.91. The number of aryl methyl sites for hydroxylation is 2. The second-order valence-corrected chi connectivity index (χ2v) is 3.22. The van der Waals surface area contributed by atoms with Crippen LogP contribution in [0.5, 0.6) is 0 Å². The van der Waals surface area contributed by atoms with Crippen molar-refractivity contribution in [1.29, 1.82) is 0 Å². The van der Waals surface area contributed by atoms with Crippen molar-refractivity contribution in [3.63, 3.8) is 0 Å². The third kappa shape index (κ3) is 1.16. The molecule has 68 valence electrons. The van der Waals surface area contributed by atoms with Gasteiger partial charge in [0.2, 0.25) is 0 Å². The van der Waals surface area contributed by atoms with Gasteiger partial charge in [0.15, 0.2) is 5.82 Å². The molecular weight excluding hydrogens is 162 g/mol. The molecule has 0 saturated heterocycles. The van der Waals surface area contributed by atoms with E-state index < -0.39 is 0 Å². The molecule has 3 heteroatoms. The summed E-state index contributed by atoms with van der Waals surface area (Å²) in [7, 11) is 0. The summed E-state index contributed by atoms with van der Waals surface area (Å²) >= 11 is 0. The van der Waals surface area contributed by atoms with E-state index in [9.17, 15) is 0 Å². The van der Waals surface area contributed by atoms with Crippen molar-refractivity contribution in [3.8, 4) is 0 Å². The van der Waals surface area contributed by atoms with Crippen LogP contribution in [0.15, 0.2) is 18.2 Å². The van der Waals surface area contributed by atoms with Crippen molar-refractivity contribution in [2.75, 3.05) is 5.73 Å². The van der Waals surface area contributed by atoms with Gasteiger partial charge >= 0.3 is 0 Å². The van der Waals surface area contributed by atoms with Gasteiger partial charge in [0.05, 0.1) is 5.52 Å². The second-order valence-electron chi connectivity index (χ2n) is 3.22. The van der Waals surface area contributed by atoms with Gasteiger partial charge in [-0.05, 0) is 31.5 Å². The average Bonchev–Trinajstić information content (AvgIpc) is 2.42. The lowest BCUT2D eigenvalue weighted by atomic mass is 10.2. The van der Waals surface area contributed by atoms with Gasteiger partial charge in [-0.2, -0.15) is 5.10 Å². The predicted molar refractivity (Wildman–Crippen MR) is 54.6 cm³/mol. The highest BCUT2D eigenvalue weighted by Gasteiger charge is 2.05. The van der Waals surface area contributed by atoms with Crippen LogP contribution in [-0.4, -0.2) is 9.78 Å². The Hall–Kier alpha value is -1.51. The zero-order chi connectivity index (χ0) is 9.42. The lowest BCUT2D eigenvalue weighted by Crippen LogP contribution is -1.96. The van der Waals surface area contributed by atoms with Gasteiger partial charge in [-0.15, -0.1) is 0 Å². The number of fused-ring (bicyclic) bond motifs is 1. The smallest absolute Gasteiger partial charge is 0.153 e. The fraction of sp³-hybridized carbons (Fsp3) is 0.300. The quantitative estimate of drug-likeness (QED) is 0.719. The first-order chi connectivity index (χ1) is 6.22. The van der Waals surface area contributed by atoms with E-state index in [1.807, 2.05) is 10.7 Å². The van der Waals surface area contributed by atoms with E-state index in [-0.39, 0.29) is 0 Å². The molecule has 1 aromatic heterocycles. The van der Waals surface area contributed by atoms with Crippen LogP contribution in [0.3, 0.4) is 0 Å². The number of hydrogen-bond donors (Lipinski definition) is 1. The zero-order valence-corrected chi connectivity index (χ0v) is 7.91. The SMILES string of the molecule is CCn1nc(N)c2ccc(C)cc21. The van der Waals surface area contributed by atoms with Gasteiger partial charge in [0.1, 0.15) is 0 Å². The molecule has 0 saturated carbocycles. The Morgan fingerprint density at radius 1 is 1.46 bits per heavy atom. The molecule has 0 bridgehead atoms. The van der Waals surface area contributed by atoms with Crippen molar-refractivity contribution >= 4 is 16.7 Å². The summed E-state index contributed by atoms with van der Waals surface area (Å²) in [5.41, 5.74) is 8.13. The standard InChI is InChI=1S/C10H13N3/c1-3-13-9-6-7(2)4-5-8(9)10(11)12-13/h4-6H,3H2,1-2H3,(H2,11,12). The van der Waals surface area contributed by atoms with Gasteiger partial charge in [0, 0.05) is 11.9 Å². The average molecular weight is 175 g/mol. The summed E-state index contributed by atoms with van der Waals surface area (Å²) in [5, 5.41) is 5.29. The number of anilines is 1. The van der Waals surface area contributed by atoms with Crippen LogP contribution < -0.4 is 5.73 Å². The number of benzene rings is 1.